The van der Waals surface area contributed by atoms with Gasteiger partial charge in [-0.2, -0.15) is 0 Å². The highest BCUT2D eigenvalue weighted by Gasteiger charge is 2.30. The maximum absolute atomic E-state index is 4.06. The molecule has 3 heteroatoms. The first-order valence-corrected chi connectivity index (χ1v) is 6.01. The van der Waals surface area contributed by atoms with Crippen molar-refractivity contribution in [3.63, 3.8) is 0 Å². The summed E-state index contributed by atoms with van der Waals surface area (Å²) in [5.41, 5.74) is 0. The highest BCUT2D eigenvalue weighted by Crippen LogP contribution is 2.34. The van der Waals surface area contributed by atoms with Crippen LogP contribution in [0.4, 0.5) is 0 Å². The van der Waals surface area contributed by atoms with Crippen LogP contribution in [0.5, 0.6) is 0 Å². The third-order valence-corrected chi connectivity index (χ3v) is 3.17. The number of nitrogens with one attached hydrogen (secondary N) is 1. The molecule has 2 rings (SSSR count). The third-order valence-electron chi connectivity index (χ3n) is 3.17. The van der Waals surface area contributed by atoms with E-state index in [-0.39, 0.29) is 0 Å². The van der Waals surface area contributed by atoms with Crippen LogP contribution >= 0.6 is 0 Å². The largest absolute Gasteiger partial charge is 0.336 e. The van der Waals surface area contributed by atoms with E-state index >= 15 is 0 Å². The Hall–Kier alpha value is -0.830. The van der Waals surface area contributed by atoms with Gasteiger partial charge in [-0.25, -0.2) is 4.98 Å². The van der Waals surface area contributed by atoms with E-state index in [0.717, 1.165) is 18.5 Å². The van der Waals surface area contributed by atoms with E-state index in [4.69, 9.17) is 0 Å². The molecule has 0 bridgehead atoms. The molecule has 1 aliphatic carbocycles. The van der Waals surface area contributed by atoms with Crippen LogP contribution in [-0.4, -0.2) is 21.6 Å². The summed E-state index contributed by atoms with van der Waals surface area (Å²) in [6.45, 7) is 5.55. The lowest BCUT2D eigenvalue weighted by atomic mass is 10.1. The summed E-state index contributed by atoms with van der Waals surface area (Å²) in [7, 11) is 0. The van der Waals surface area contributed by atoms with Gasteiger partial charge in [-0.15, -0.1) is 0 Å². The standard InChI is InChI=1S/C12H21N3/c1-3-12(11-4-5-11)14-10(2)8-15-7-6-13-9-15/h6-7,9-12,14H,3-5,8H2,1-2H3. The molecule has 1 heterocycles. The Bertz CT molecular complexity index is 277. The molecular formula is C12H21N3. The Kier molecular flexibility index (Phi) is 3.41. The Morgan fingerprint density at radius 2 is 2.33 bits per heavy atom. The van der Waals surface area contributed by atoms with Crippen LogP contribution in [0.1, 0.15) is 33.1 Å². The van der Waals surface area contributed by atoms with E-state index < -0.39 is 0 Å². The lowest BCUT2D eigenvalue weighted by Gasteiger charge is -2.22. The molecule has 0 aromatic carbocycles. The SMILES string of the molecule is CCC(NC(C)Cn1ccnc1)C1CC1. The van der Waals surface area contributed by atoms with Gasteiger partial charge in [0.15, 0.2) is 0 Å². The van der Waals surface area contributed by atoms with Crippen molar-refractivity contribution in [2.45, 2.75) is 51.7 Å². The maximum Gasteiger partial charge on any atom is 0.0946 e. The van der Waals surface area contributed by atoms with E-state index in [1.807, 2.05) is 18.7 Å². The van der Waals surface area contributed by atoms with Gasteiger partial charge in [0.25, 0.3) is 0 Å². The highest BCUT2D eigenvalue weighted by atomic mass is 15.1. The summed E-state index contributed by atoms with van der Waals surface area (Å²) >= 11 is 0. The highest BCUT2D eigenvalue weighted by molar-refractivity contribution is 4.87. The van der Waals surface area contributed by atoms with Gasteiger partial charge in [0.2, 0.25) is 0 Å². The van der Waals surface area contributed by atoms with Crippen LogP contribution in [0, 0.1) is 5.92 Å². The average molecular weight is 207 g/mol. The minimum Gasteiger partial charge on any atom is -0.336 e. The zero-order valence-electron chi connectivity index (χ0n) is 9.69. The average Bonchev–Trinajstić information content (AvgIpc) is 2.95. The van der Waals surface area contributed by atoms with Gasteiger partial charge in [-0.1, -0.05) is 6.92 Å². The first-order valence-electron chi connectivity index (χ1n) is 6.01. The molecule has 0 aliphatic heterocycles. The topological polar surface area (TPSA) is 29.9 Å². The van der Waals surface area contributed by atoms with Gasteiger partial charge in [0.05, 0.1) is 6.33 Å². The van der Waals surface area contributed by atoms with Crippen molar-refractivity contribution < 1.29 is 0 Å². The number of aromatic nitrogens is 2. The molecule has 0 amide bonds. The normalized spacial score (nSPS) is 20.1. The van der Waals surface area contributed by atoms with Gasteiger partial charge < -0.3 is 9.88 Å². The summed E-state index contributed by atoms with van der Waals surface area (Å²) in [4.78, 5) is 4.06. The van der Waals surface area contributed by atoms with Gasteiger partial charge in [0.1, 0.15) is 0 Å². The van der Waals surface area contributed by atoms with Crippen molar-refractivity contribution in [3.8, 4) is 0 Å². The molecule has 0 saturated heterocycles. The molecule has 2 unspecified atom stereocenters. The van der Waals surface area contributed by atoms with Crippen molar-refractivity contribution in [2.75, 3.05) is 0 Å². The second-order valence-corrected chi connectivity index (χ2v) is 4.68. The molecular weight excluding hydrogens is 186 g/mol. The van der Waals surface area contributed by atoms with Crippen molar-refractivity contribution >= 4 is 0 Å². The minimum absolute atomic E-state index is 0.532. The molecule has 1 N–H and O–H groups in total. The van der Waals surface area contributed by atoms with E-state index in [1.54, 1.807) is 0 Å². The molecule has 84 valence electrons. The predicted octanol–water partition coefficient (Wildman–Crippen LogP) is 2.05. The summed E-state index contributed by atoms with van der Waals surface area (Å²) in [6, 6.07) is 1.26. The molecule has 0 spiro atoms. The molecule has 1 saturated carbocycles. The fourth-order valence-corrected chi connectivity index (χ4v) is 2.21. The van der Waals surface area contributed by atoms with Crippen LogP contribution in [0.15, 0.2) is 18.7 Å². The Morgan fingerprint density at radius 3 is 2.87 bits per heavy atom. The van der Waals surface area contributed by atoms with Crippen LogP contribution < -0.4 is 5.32 Å². The Morgan fingerprint density at radius 1 is 1.53 bits per heavy atom. The molecule has 1 aliphatic rings. The zero-order chi connectivity index (χ0) is 10.7. The fraction of sp³-hybridized carbons (Fsp3) is 0.750. The third kappa shape index (κ3) is 3.06. The Balaban J connectivity index is 1.78. The van der Waals surface area contributed by atoms with E-state index in [9.17, 15) is 0 Å². The van der Waals surface area contributed by atoms with Crippen LogP contribution in [0.25, 0.3) is 0 Å². The Labute approximate surface area is 91.9 Å². The van der Waals surface area contributed by atoms with Crippen LogP contribution in [-0.2, 0) is 6.54 Å². The number of hydrogen-bond acceptors (Lipinski definition) is 2. The number of hydrogen-bond donors (Lipinski definition) is 1. The molecule has 1 aromatic rings. The molecule has 1 aromatic heterocycles. The van der Waals surface area contributed by atoms with Crippen molar-refractivity contribution in [1.82, 2.24) is 14.9 Å². The van der Waals surface area contributed by atoms with Gasteiger partial charge in [0, 0.05) is 31.0 Å². The first kappa shape index (κ1) is 10.7. The lowest BCUT2D eigenvalue weighted by molar-refractivity contribution is 0.371. The van der Waals surface area contributed by atoms with Gasteiger partial charge >= 0.3 is 0 Å². The van der Waals surface area contributed by atoms with E-state index in [2.05, 4.69) is 28.7 Å². The predicted molar refractivity (Wildman–Crippen MR) is 61.6 cm³/mol. The lowest BCUT2D eigenvalue weighted by Crippen LogP contribution is -2.39. The second-order valence-electron chi connectivity index (χ2n) is 4.68. The molecule has 1 fully saturated rings. The van der Waals surface area contributed by atoms with Crippen LogP contribution in [0.3, 0.4) is 0 Å². The number of nitrogens with zero attached hydrogens (tertiary/aromatic N) is 2. The summed E-state index contributed by atoms with van der Waals surface area (Å²) in [5.74, 6) is 0.945. The molecule has 15 heavy (non-hydrogen) atoms. The molecule has 0 radical (unpaired) electrons. The van der Waals surface area contributed by atoms with Gasteiger partial charge in [-0.3, -0.25) is 0 Å². The van der Waals surface area contributed by atoms with Gasteiger partial charge in [-0.05, 0) is 32.1 Å². The number of rotatable bonds is 6. The van der Waals surface area contributed by atoms with Crippen molar-refractivity contribution in [1.29, 1.82) is 0 Å². The van der Waals surface area contributed by atoms with Crippen LogP contribution in [0.2, 0.25) is 0 Å². The van der Waals surface area contributed by atoms with E-state index in [1.165, 1.54) is 19.3 Å². The van der Waals surface area contributed by atoms with Crippen molar-refractivity contribution in [2.24, 2.45) is 5.92 Å². The van der Waals surface area contributed by atoms with Crippen molar-refractivity contribution in [3.05, 3.63) is 18.7 Å². The minimum atomic E-state index is 0.532. The molecule has 3 nitrogen and oxygen atoms in total. The first-order chi connectivity index (χ1) is 7.29. The summed E-state index contributed by atoms with van der Waals surface area (Å²) < 4.78 is 2.14. The number of imidazole rings is 1. The fourth-order valence-electron chi connectivity index (χ4n) is 2.21. The summed E-state index contributed by atoms with van der Waals surface area (Å²) in [5, 5.41) is 3.72. The second kappa shape index (κ2) is 4.79. The van der Waals surface area contributed by atoms with E-state index in [0.29, 0.717) is 6.04 Å². The summed E-state index contributed by atoms with van der Waals surface area (Å²) in [6.07, 6.45) is 9.84. The smallest absolute Gasteiger partial charge is 0.0946 e. The monoisotopic (exact) mass is 207 g/mol. The zero-order valence-corrected chi connectivity index (χ0v) is 9.69. The maximum atomic E-state index is 4.06. The quantitative estimate of drug-likeness (QED) is 0.773. The molecule has 2 atom stereocenters.